The SMILES string of the molecule is CCc1cccc(C(CCc2c(C)nn(C)c2C)NC)c1. The Kier molecular flexibility index (Phi) is 5.18. The first-order chi connectivity index (χ1) is 10.1. The van der Waals surface area contributed by atoms with Gasteiger partial charge < -0.3 is 5.32 Å². The average molecular weight is 285 g/mol. The largest absolute Gasteiger partial charge is 0.313 e. The molecular formula is C18H27N3. The lowest BCUT2D eigenvalue weighted by molar-refractivity contribution is 0.547. The van der Waals surface area contributed by atoms with Gasteiger partial charge in [-0.1, -0.05) is 31.2 Å². The first kappa shape index (κ1) is 15.8. The zero-order chi connectivity index (χ0) is 15.4. The van der Waals surface area contributed by atoms with E-state index >= 15 is 0 Å². The molecule has 0 spiro atoms. The third-order valence-corrected chi connectivity index (χ3v) is 4.45. The predicted octanol–water partition coefficient (Wildman–Crippen LogP) is 3.49. The van der Waals surface area contributed by atoms with Crippen molar-refractivity contribution < 1.29 is 0 Å². The third-order valence-electron chi connectivity index (χ3n) is 4.45. The van der Waals surface area contributed by atoms with Gasteiger partial charge in [0.15, 0.2) is 0 Å². The van der Waals surface area contributed by atoms with Gasteiger partial charge in [-0.15, -0.1) is 0 Å². The molecule has 3 heteroatoms. The van der Waals surface area contributed by atoms with Crippen LogP contribution in [-0.4, -0.2) is 16.8 Å². The minimum atomic E-state index is 0.399. The van der Waals surface area contributed by atoms with Crippen molar-refractivity contribution in [1.82, 2.24) is 15.1 Å². The molecule has 3 nitrogen and oxygen atoms in total. The molecule has 1 heterocycles. The monoisotopic (exact) mass is 285 g/mol. The van der Waals surface area contributed by atoms with Gasteiger partial charge in [0.25, 0.3) is 0 Å². The first-order valence-corrected chi connectivity index (χ1v) is 7.82. The number of rotatable bonds is 6. The normalized spacial score (nSPS) is 12.6. The molecule has 0 aliphatic carbocycles. The van der Waals surface area contributed by atoms with Crippen molar-refractivity contribution in [3.63, 3.8) is 0 Å². The van der Waals surface area contributed by atoms with E-state index in [9.17, 15) is 0 Å². The molecule has 0 radical (unpaired) electrons. The van der Waals surface area contributed by atoms with E-state index in [1.54, 1.807) is 0 Å². The molecule has 0 saturated heterocycles. The lowest BCUT2D eigenvalue weighted by atomic mass is 9.96. The highest BCUT2D eigenvalue weighted by atomic mass is 15.3. The van der Waals surface area contributed by atoms with E-state index < -0.39 is 0 Å². The van der Waals surface area contributed by atoms with Crippen molar-refractivity contribution in [2.24, 2.45) is 7.05 Å². The molecule has 1 atom stereocenters. The molecule has 1 aromatic carbocycles. The van der Waals surface area contributed by atoms with Gasteiger partial charge in [-0.2, -0.15) is 5.10 Å². The van der Waals surface area contributed by atoms with Gasteiger partial charge in [0, 0.05) is 18.8 Å². The summed E-state index contributed by atoms with van der Waals surface area (Å²) in [5.74, 6) is 0. The maximum Gasteiger partial charge on any atom is 0.0628 e. The Morgan fingerprint density at radius 1 is 1.29 bits per heavy atom. The van der Waals surface area contributed by atoms with Gasteiger partial charge in [0.1, 0.15) is 0 Å². The van der Waals surface area contributed by atoms with Crippen molar-refractivity contribution >= 4 is 0 Å². The van der Waals surface area contributed by atoms with Gasteiger partial charge >= 0.3 is 0 Å². The van der Waals surface area contributed by atoms with E-state index in [1.165, 1.54) is 22.4 Å². The molecule has 0 saturated carbocycles. The molecule has 0 aliphatic heterocycles. The van der Waals surface area contributed by atoms with E-state index in [1.807, 2.05) is 18.8 Å². The van der Waals surface area contributed by atoms with E-state index in [0.29, 0.717) is 6.04 Å². The highest BCUT2D eigenvalue weighted by Gasteiger charge is 2.14. The second-order valence-electron chi connectivity index (χ2n) is 5.75. The molecule has 2 rings (SSSR count). The van der Waals surface area contributed by atoms with Gasteiger partial charge in [0.2, 0.25) is 0 Å². The predicted molar refractivity (Wildman–Crippen MR) is 88.6 cm³/mol. The van der Waals surface area contributed by atoms with Crippen LogP contribution in [0.3, 0.4) is 0 Å². The van der Waals surface area contributed by atoms with Crippen LogP contribution in [0.2, 0.25) is 0 Å². The van der Waals surface area contributed by atoms with E-state index in [-0.39, 0.29) is 0 Å². The number of benzene rings is 1. The Morgan fingerprint density at radius 3 is 2.62 bits per heavy atom. The average Bonchev–Trinajstić information content (AvgIpc) is 2.74. The van der Waals surface area contributed by atoms with Crippen LogP contribution in [0.15, 0.2) is 24.3 Å². The maximum atomic E-state index is 4.51. The number of hydrogen-bond donors (Lipinski definition) is 1. The summed E-state index contributed by atoms with van der Waals surface area (Å²) in [6, 6.07) is 9.31. The molecule has 1 unspecified atom stereocenters. The molecule has 0 fully saturated rings. The van der Waals surface area contributed by atoms with Crippen molar-refractivity contribution in [3.8, 4) is 0 Å². The number of hydrogen-bond acceptors (Lipinski definition) is 2. The summed E-state index contributed by atoms with van der Waals surface area (Å²) in [6.07, 6.45) is 3.25. The quantitative estimate of drug-likeness (QED) is 0.880. The second-order valence-corrected chi connectivity index (χ2v) is 5.75. The standard InChI is InChI=1S/C18H27N3/c1-6-15-8-7-9-16(12-15)18(19-4)11-10-17-13(2)20-21(5)14(17)3/h7-9,12,18-19H,6,10-11H2,1-5H3. The Hall–Kier alpha value is -1.61. The summed E-state index contributed by atoms with van der Waals surface area (Å²) in [7, 11) is 4.07. The highest BCUT2D eigenvalue weighted by molar-refractivity contribution is 5.28. The smallest absolute Gasteiger partial charge is 0.0628 e. The van der Waals surface area contributed by atoms with Crippen LogP contribution in [0.5, 0.6) is 0 Å². The van der Waals surface area contributed by atoms with Crippen LogP contribution in [0.1, 0.15) is 47.5 Å². The molecule has 114 valence electrons. The van der Waals surface area contributed by atoms with E-state index in [4.69, 9.17) is 0 Å². The Morgan fingerprint density at radius 2 is 2.05 bits per heavy atom. The van der Waals surface area contributed by atoms with Crippen LogP contribution in [0.4, 0.5) is 0 Å². The van der Waals surface area contributed by atoms with Crippen molar-refractivity contribution in [2.45, 2.75) is 46.1 Å². The lowest BCUT2D eigenvalue weighted by Crippen LogP contribution is -2.17. The molecule has 21 heavy (non-hydrogen) atoms. The van der Waals surface area contributed by atoms with Crippen molar-refractivity contribution in [3.05, 3.63) is 52.3 Å². The van der Waals surface area contributed by atoms with Gasteiger partial charge in [-0.25, -0.2) is 0 Å². The van der Waals surface area contributed by atoms with Gasteiger partial charge in [-0.05, 0) is 56.8 Å². The summed E-state index contributed by atoms with van der Waals surface area (Å²) >= 11 is 0. The van der Waals surface area contributed by atoms with Gasteiger partial charge in [-0.3, -0.25) is 4.68 Å². The zero-order valence-corrected chi connectivity index (χ0v) is 13.9. The summed E-state index contributed by atoms with van der Waals surface area (Å²) in [5.41, 5.74) is 6.62. The number of aryl methyl sites for hydroxylation is 3. The van der Waals surface area contributed by atoms with Crippen molar-refractivity contribution in [2.75, 3.05) is 7.05 Å². The summed E-state index contributed by atoms with van der Waals surface area (Å²) in [5, 5.41) is 7.97. The molecule has 1 N–H and O–H groups in total. The molecule has 0 aliphatic rings. The van der Waals surface area contributed by atoms with Gasteiger partial charge in [0.05, 0.1) is 5.69 Å². The highest BCUT2D eigenvalue weighted by Crippen LogP contribution is 2.22. The fourth-order valence-electron chi connectivity index (χ4n) is 2.98. The second kappa shape index (κ2) is 6.90. The zero-order valence-electron chi connectivity index (χ0n) is 13.9. The first-order valence-electron chi connectivity index (χ1n) is 7.82. The van der Waals surface area contributed by atoms with Crippen LogP contribution >= 0.6 is 0 Å². The van der Waals surface area contributed by atoms with Crippen LogP contribution in [0.25, 0.3) is 0 Å². The third kappa shape index (κ3) is 3.53. The van der Waals surface area contributed by atoms with Crippen molar-refractivity contribution in [1.29, 1.82) is 0 Å². The molecular weight excluding hydrogens is 258 g/mol. The van der Waals surface area contributed by atoms with Crippen LogP contribution < -0.4 is 5.32 Å². The molecule has 0 amide bonds. The Labute approximate surface area is 128 Å². The minimum Gasteiger partial charge on any atom is -0.313 e. The topological polar surface area (TPSA) is 29.9 Å². The Balaban J connectivity index is 2.12. The molecule has 2 aromatic rings. The number of nitrogens with zero attached hydrogens (tertiary/aromatic N) is 2. The fourth-order valence-corrected chi connectivity index (χ4v) is 2.98. The van der Waals surface area contributed by atoms with Crippen LogP contribution in [0, 0.1) is 13.8 Å². The van der Waals surface area contributed by atoms with E-state index in [0.717, 1.165) is 25.0 Å². The summed E-state index contributed by atoms with van der Waals surface area (Å²) < 4.78 is 1.98. The van der Waals surface area contributed by atoms with Crippen LogP contribution in [-0.2, 0) is 19.9 Å². The summed E-state index contributed by atoms with van der Waals surface area (Å²) in [6.45, 7) is 6.46. The minimum absolute atomic E-state index is 0.399. The fraction of sp³-hybridized carbons (Fsp3) is 0.500. The maximum absolute atomic E-state index is 4.51. The number of aromatic nitrogens is 2. The molecule has 0 bridgehead atoms. The Bertz CT molecular complexity index is 599. The summed E-state index contributed by atoms with van der Waals surface area (Å²) in [4.78, 5) is 0. The molecule has 1 aromatic heterocycles. The number of nitrogens with one attached hydrogen (secondary N) is 1. The lowest BCUT2D eigenvalue weighted by Gasteiger charge is -2.17. The van der Waals surface area contributed by atoms with E-state index in [2.05, 4.69) is 55.5 Å².